The van der Waals surface area contributed by atoms with Crippen LogP contribution in [0.15, 0.2) is 97.1 Å². The molecule has 8 fully saturated rings. The molecule has 0 aliphatic heterocycles. The first-order valence-corrected chi connectivity index (χ1v) is 23.2. The summed E-state index contributed by atoms with van der Waals surface area (Å²) >= 11 is 0. The van der Waals surface area contributed by atoms with Gasteiger partial charge in [-0.2, -0.15) is 0 Å². The van der Waals surface area contributed by atoms with Crippen LogP contribution in [0.2, 0.25) is 0 Å². The number of nitrogens with two attached hydrogens (primary N) is 2. The molecule has 6 N–H and O–H groups in total. The fourth-order valence-corrected chi connectivity index (χ4v) is 17.1. The number of fused-ring (bicyclic) bond motifs is 2. The molecular formula is C56H60N2O4. The average molecular weight is 825 g/mol. The van der Waals surface area contributed by atoms with Gasteiger partial charge in [-0.15, -0.1) is 0 Å². The zero-order valence-electron chi connectivity index (χ0n) is 36.7. The van der Waals surface area contributed by atoms with Crippen LogP contribution in [0.4, 0.5) is 11.4 Å². The SMILES string of the molecule is CC12CC3CC(C)(C1)CC(c1cc(N)c(O)cc1Oc1ccc4ccccc4c1-c1c(Oc4cc(O)c(N)cc4C45CC6CC(C)(CC(C)(C6)C4)C5)ccc4ccccc14)(C3)C2. The highest BCUT2D eigenvalue weighted by atomic mass is 16.5. The molecule has 0 amide bonds. The number of ether oxygens (including phenoxy) is 2. The van der Waals surface area contributed by atoms with Crippen molar-refractivity contribution >= 4 is 32.9 Å². The van der Waals surface area contributed by atoms with Gasteiger partial charge in [-0.25, -0.2) is 0 Å². The van der Waals surface area contributed by atoms with Crippen LogP contribution in [0, 0.1) is 33.5 Å². The smallest absolute Gasteiger partial charge is 0.142 e. The number of rotatable bonds is 7. The molecule has 8 bridgehead atoms. The predicted octanol–water partition coefficient (Wildman–Crippen LogP) is 14.3. The lowest BCUT2D eigenvalue weighted by Gasteiger charge is -2.65. The Labute approximate surface area is 365 Å². The van der Waals surface area contributed by atoms with E-state index in [0.717, 1.165) is 82.3 Å². The molecule has 62 heavy (non-hydrogen) atoms. The van der Waals surface area contributed by atoms with E-state index in [2.05, 4.69) is 100 Å². The van der Waals surface area contributed by atoms with Crippen LogP contribution >= 0.6 is 0 Å². The van der Waals surface area contributed by atoms with Gasteiger partial charge in [0, 0.05) is 45.2 Å². The van der Waals surface area contributed by atoms with Crippen molar-refractivity contribution in [3.63, 3.8) is 0 Å². The van der Waals surface area contributed by atoms with Crippen molar-refractivity contribution in [3.8, 4) is 45.6 Å². The number of hydrogen-bond donors (Lipinski definition) is 4. The summed E-state index contributed by atoms with van der Waals surface area (Å²) < 4.78 is 14.7. The Bertz CT molecular complexity index is 2650. The molecule has 8 saturated carbocycles. The summed E-state index contributed by atoms with van der Waals surface area (Å²) in [6.45, 7) is 9.98. The quantitative estimate of drug-likeness (QED) is 0.0942. The van der Waals surface area contributed by atoms with E-state index in [0.29, 0.717) is 46.2 Å². The van der Waals surface area contributed by atoms with Gasteiger partial charge in [0.1, 0.15) is 34.5 Å². The standard InChI is InChI=1S/C56H60N2O4/c1-51-21-33-22-52(2,27-51)30-55(25-33,29-51)39-17-41(57)43(59)19-47(39)61-45-15-13-35-9-5-7-11-37(35)49(45)50-38-12-8-6-10-36(38)14-16-46(50)62-48-20-44(60)42(58)18-40(48)56-26-34-23-53(3,31-56)28-54(4,24-34)32-56/h5-20,33-34,59-60H,21-32,57-58H2,1-4H3. The molecule has 0 heterocycles. The number of nitrogen functional groups attached to an aromatic ring is 2. The normalized spacial score (nSPS) is 34.0. The van der Waals surface area contributed by atoms with Crippen LogP contribution in [0.5, 0.6) is 34.5 Å². The van der Waals surface area contributed by atoms with Crippen LogP contribution in [-0.4, -0.2) is 10.2 Å². The molecule has 0 saturated heterocycles. The van der Waals surface area contributed by atoms with E-state index >= 15 is 0 Å². The van der Waals surface area contributed by atoms with Crippen LogP contribution in [-0.2, 0) is 10.8 Å². The lowest BCUT2D eigenvalue weighted by molar-refractivity contribution is -0.110. The molecule has 6 aromatic rings. The van der Waals surface area contributed by atoms with E-state index in [1.54, 1.807) is 12.1 Å². The fourth-order valence-electron chi connectivity index (χ4n) is 17.1. The lowest BCUT2D eigenvalue weighted by Crippen LogP contribution is -2.56. The first-order chi connectivity index (χ1) is 29.5. The van der Waals surface area contributed by atoms with Gasteiger partial charge in [-0.1, -0.05) is 88.4 Å². The molecule has 8 aliphatic carbocycles. The molecule has 0 spiro atoms. The maximum atomic E-state index is 11.3. The molecule has 6 heteroatoms. The highest BCUT2D eigenvalue weighted by Crippen LogP contribution is 2.72. The zero-order chi connectivity index (χ0) is 42.6. The van der Waals surface area contributed by atoms with Crippen LogP contribution in [0.25, 0.3) is 32.7 Å². The Morgan fingerprint density at radius 1 is 0.452 bits per heavy atom. The highest BCUT2D eigenvalue weighted by molar-refractivity contribution is 6.10. The van der Waals surface area contributed by atoms with E-state index in [-0.39, 0.29) is 44.0 Å². The molecule has 8 aliphatic rings. The Kier molecular flexibility index (Phi) is 7.81. The minimum atomic E-state index is -0.0935. The highest BCUT2D eigenvalue weighted by Gasteiger charge is 2.62. The Morgan fingerprint density at radius 2 is 0.823 bits per heavy atom. The number of benzene rings is 6. The van der Waals surface area contributed by atoms with E-state index in [4.69, 9.17) is 20.9 Å². The third-order valence-electron chi connectivity index (χ3n) is 17.1. The Morgan fingerprint density at radius 3 is 1.19 bits per heavy atom. The number of hydrogen-bond acceptors (Lipinski definition) is 6. The summed E-state index contributed by atoms with van der Waals surface area (Å²) in [4.78, 5) is 0. The van der Waals surface area contributed by atoms with Crippen molar-refractivity contribution in [1.82, 2.24) is 0 Å². The first kappa shape index (κ1) is 38.3. The first-order valence-electron chi connectivity index (χ1n) is 23.2. The average Bonchev–Trinajstić information content (AvgIpc) is 3.18. The third kappa shape index (κ3) is 5.80. The predicted molar refractivity (Wildman–Crippen MR) is 250 cm³/mol. The monoisotopic (exact) mass is 824 g/mol. The second-order valence-electron chi connectivity index (χ2n) is 23.2. The molecule has 0 aromatic heterocycles. The largest absolute Gasteiger partial charge is 0.506 e. The topological polar surface area (TPSA) is 111 Å². The van der Waals surface area contributed by atoms with Crippen molar-refractivity contribution in [2.75, 3.05) is 11.5 Å². The number of phenolic OH excluding ortho intramolecular Hbond substituents is 2. The van der Waals surface area contributed by atoms with Gasteiger partial charge in [0.25, 0.3) is 0 Å². The summed E-state index contributed by atoms with van der Waals surface area (Å²) in [5, 5.41) is 26.9. The molecule has 4 atom stereocenters. The Hall–Kier alpha value is -5.36. The van der Waals surface area contributed by atoms with E-state index in [1.807, 2.05) is 12.1 Å². The number of phenols is 2. The van der Waals surface area contributed by atoms with Gasteiger partial charge in [0.05, 0.1) is 11.4 Å². The van der Waals surface area contributed by atoms with E-state index in [9.17, 15) is 10.2 Å². The number of anilines is 2. The third-order valence-corrected chi connectivity index (χ3v) is 17.1. The molecule has 4 unspecified atom stereocenters. The zero-order valence-corrected chi connectivity index (χ0v) is 36.7. The maximum absolute atomic E-state index is 11.3. The second-order valence-corrected chi connectivity index (χ2v) is 23.2. The van der Waals surface area contributed by atoms with Gasteiger partial charge in [0.15, 0.2) is 0 Å². The summed E-state index contributed by atoms with van der Waals surface area (Å²) in [7, 11) is 0. The van der Waals surface area contributed by atoms with Crippen molar-refractivity contribution in [1.29, 1.82) is 0 Å². The summed E-state index contributed by atoms with van der Waals surface area (Å²) in [6, 6.07) is 33.0. The van der Waals surface area contributed by atoms with Crippen LogP contribution in [0.1, 0.15) is 116 Å². The number of aromatic hydroxyl groups is 2. The van der Waals surface area contributed by atoms with Gasteiger partial charge in [0.2, 0.25) is 0 Å². The minimum absolute atomic E-state index is 0.0329. The minimum Gasteiger partial charge on any atom is -0.506 e. The van der Waals surface area contributed by atoms with Crippen LogP contribution in [0.3, 0.4) is 0 Å². The summed E-state index contributed by atoms with van der Waals surface area (Å²) in [5.74, 6) is 4.09. The van der Waals surface area contributed by atoms with Crippen LogP contribution < -0.4 is 20.9 Å². The molecule has 6 aromatic carbocycles. The molecule has 0 radical (unpaired) electrons. The van der Waals surface area contributed by atoms with Crippen molar-refractivity contribution in [2.24, 2.45) is 33.5 Å². The van der Waals surface area contributed by atoms with E-state index < -0.39 is 0 Å². The summed E-state index contributed by atoms with van der Waals surface area (Å²) in [6.07, 6.45) is 14.2. The molecule has 6 nitrogen and oxygen atoms in total. The molecule has 318 valence electrons. The van der Waals surface area contributed by atoms with Gasteiger partial charge < -0.3 is 31.2 Å². The van der Waals surface area contributed by atoms with Crippen molar-refractivity contribution < 1.29 is 19.7 Å². The molecular weight excluding hydrogens is 765 g/mol. The van der Waals surface area contributed by atoms with Crippen molar-refractivity contribution in [3.05, 3.63) is 108 Å². The van der Waals surface area contributed by atoms with E-state index in [1.165, 1.54) is 38.5 Å². The van der Waals surface area contributed by atoms with Crippen molar-refractivity contribution in [2.45, 2.75) is 116 Å². The fraction of sp³-hybridized carbons (Fsp3) is 0.429. The summed E-state index contributed by atoms with van der Waals surface area (Å²) in [5.41, 5.74) is 18.9. The maximum Gasteiger partial charge on any atom is 0.142 e. The van der Waals surface area contributed by atoms with Gasteiger partial charge >= 0.3 is 0 Å². The Balaban J connectivity index is 1.05. The van der Waals surface area contributed by atoms with Gasteiger partial charge in [-0.05, 0) is 156 Å². The second kappa shape index (κ2) is 12.6. The lowest BCUT2D eigenvalue weighted by atomic mass is 9.39. The van der Waals surface area contributed by atoms with Gasteiger partial charge in [-0.3, -0.25) is 0 Å². The molecule has 14 rings (SSSR count).